The second kappa shape index (κ2) is 9.41. The number of nitrogens with zero attached hydrogens (tertiary/aromatic N) is 2. The van der Waals surface area contributed by atoms with Crippen LogP contribution in [0.4, 0.5) is 5.69 Å². The molecule has 4 aromatic rings. The minimum Gasteiger partial charge on any atom is -0.497 e. The summed E-state index contributed by atoms with van der Waals surface area (Å²) >= 11 is 0. The summed E-state index contributed by atoms with van der Waals surface area (Å²) in [6, 6.07) is 26.0. The fraction of sp³-hybridized carbons (Fsp3) is 0.148. The van der Waals surface area contributed by atoms with E-state index < -0.39 is 11.3 Å². The Kier molecular flexibility index (Phi) is 6.23. The van der Waals surface area contributed by atoms with Crippen molar-refractivity contribution in [1.82, 2.24) is 4.98 Å². The molecule has 0 aliphatic carbocycles. The van der Waals surface area contributed by atoms with Crippen molar-refractivity contribution in [2.24, 2.45) is 0 Å². The Morgan fingerprint density at radius 2 is 1.58 bits per heavy atom. The Hall–Kier alpha value is -4.37. The van der Waals surface area contributed by atoms with E-state index in [1.807, 2.05) is 48.5 Å². The molecule has 4 rings (SSSR count). The minimum absolute atomic E-state index is 0.184. The number of nitrogens with one attached hydrogen (secondary N) is 1. The van der Waals surface area contributed by atoms with Gasteiger partial charge < -0.3 is 14.8 Å². The molecule has 0 spiro atoms. The Morgan fingerprint density at radius 3 is 2.21 bits per heavy atom. The molecule has 0 saturated carbocycles. The molecule has 1 heterocycles. The van der Waals surface area contributed by atoms with E-state index in [0.29, 0.717) is 28.3 Å². The molecule has 6 nitrogen and oxygen atoms in total. The molecule has 33 heavy (non-hydrogen) atoms. The van der Waals surface area contributed by atoms with E-state index in [1.165, 1.54) is 0 Å². The highest BCUT2D eigenvalue weighted by Gasteiger charge is 2.41. The molecule has 0 saturated heterocycles. The maximum Gasteiger partial charge on any atom is 0.249 e. The minimum atomic E-state index is -1.47. The van der Waals surface area contributed by atoms with Crippen molar-refractivity contribution in [3.05, 3.63) is 96.2 Å². The Morgan fingerprint density at radius 1 is 0.939 bits per heavy atom. The summed E-state index contributed by atoms with van der Waals surface area (Å²) in [5.74, 6) is 0.926. The average molecular weight is 437 g/mol. The Balaban J connectivity index is 1.77. The largest absolute Gasteiger partial charge is 0.497 e. The van der Waals surface area contributed by atoms with E-state index in [1.54, 1.807) is 50.7 Å². The van der Waals surface area contributed by atoms with Crippen molar-refractivity contribution in [1.29, 1.82) is 5.26 Å². The summed E-state index contributed by atoms with van der Waals surface area (Å²) < 4.78 is 10.5. The first-order valence-corrected chi connectivity index (χ1v) is 10.4. The van der Waals surface area contributed by atoms with Gasteiger partial charge in [-0.25, -0.2) is 0 Å². The lowest BCUT2D eigenvalue weighted by molar-refractivity contribution is -0.119. The van der Waals surface area contributed by atoms with Gasteiger partial charge in [0.05, 0.1) is 31.5 Å². The van der Waals surface area contributed by atoms with Crippen LogP contribution in [0.1, 0.15) is 11.1 Å². The molecule has 0 aliphatic rings. The van der Waals surface area contributed by atoms with Gasteiger partial charge in [-0.15, -0.1) is 0 Å². The number of hydrogen-bond acceptors (Lipinski definition) is 5. The molecule has 3 aromatic carbocycles. The lowest BCUT2D eigenvalue weighted by atomic mass is 9.75. The predicted molar refractivity (Wildman–Crippen MR) is 127 cm³/mol. The number of methoxy groups -OCH3 is 2. The van der Waals surface area contributed by atoms with Gasteiger partial charge in [0, 0.05) is 18.0 Å². The molecule has 1 N–H and O–H groups in total. The van der Waals surface area contributed by atoms with E-state index in [9.17, 15) is 10.1 Å². The van der Waals surface area contributed by atoms with Gasteiger partial charge in [0.25, 0.3) is 0 Å². The molecule has 0 radical (unpaired) electrons. The first-order chi connectivity index (χ1) is 16.1. The van der Waals surface area contributed by atoms with Crippen LogP contribution in [-0.2, 0) is 16.6 Å². The summed E-state index contributed by atoms with van der Waals surface area (Å²) in [6.45, 7) is 0. The monoisotopic (exact) mass is 437 g/mol. The van der Waals surface area contributed by atoms with E-state index in [-0.39, 0.29) is 6.42 Å². The molecule has 1 unspecified atom stereocenters. The molecule has 6 heteroatoms. The fourth-order valence-electron chi connectivity index (χ4n) is 3.83. The molecule has 0 bridgehead atoms. The third-order valence-electron chi connectivity index (χ3n) is 5.67. The van der Waals surface area contributed by atoms with Gasteiger partial charge >= 0.3 is 0 Å². The van der Waals surface area contributed by atoms with Crippen LogP contribution in [0.3, 0.4) is 0 Å². The second-order valence-electron chi connectivity index (χ2n) is 7.61. The maximum atomic E-state index is 13.8. The number of benzene rings is 3. The molecular formula is C27H23N3O3. The van der Waals surface area contributed by atoms with E-state index in [2.05, 4.69) is 16.4 Å². The van der Waals surface area contributed by atoms with Crippen LogP contribution in [0.2, 0.25) is 0 Å². The quantitative estimate of drug-likeness (QED) is 0.445. The summed E-state index contributed by atoms with van der Waals surface area (Å²) in [6.07, 6.45) is 1.86. The Bertz CT molecular complexity index is 1310. The highest BCUT2D eigenvalue weighted by molar-refractivity contribution is 6.06. The summed E-state index contributed by atoms with van der Waals surface area (Å²) in [7, 11) is 3.17. The third kappa shape index (κ3) is 4.35. The molecule has 0 aliphatic heterocycles. The highest BCUT2D eigenvalue weighted by Crippen LogP contribution is 2.33. The molecule has 164 valence electrons. The lowest BCUT2D eigenvalue weighted by Crippen LogP contribution is -2.41. The summed E-state index contributed by atoms with van der Waals surface area (Å²) in [4.78, 5) is 18.2. The van der Waals surface area contributed by atoms with Crippen molar-refractivity contribution in [2.45, 2.75) is 11.8 Å². The number of hydrogen-bond donors (Lipinski definition) is 1. The molecule has 1 atom stereocenters. The number of carbonyl (C=O) groups is 1. The number of aromatic nitrogens is 1. The standard InChI is InChI=1S/C27H23N3O3/c1-32-22-12-8-19(9-13-22)17-27(18-28,21-10-14-23(33-2)15-11-21)26(31)30-24-7-3-5-20-6-4-16-29-25(20)24/h3-16H,17H2,1-2H3,(H,30,31). The average Bonchev–Trinajstić information content (AvgIpc) is 2.88. The topological polar surface area (TPSA) is 84.2 Å². The molecule has 0 fully saturated rings. The molecule has 1 amide bonds. The first-order valence-electron chi connectivity index (χ1n) is 10.4. The van der Waals surface area contributed by atoms with Crippen molar-refractivity contribution >= 4 is 22.5 Å². The SMILES string of the molecule is COc1ccc(CC(C#N)(C(=O)Nc2cccc3cccnc23)c2ccc(OC)cc2)cc1. The number of nitriles is 1. The van der Waals surface area contributed by atoms with Crippen LogP contribution in [0.15, 0.2) is 85.1 Å². The maximum absolute atomic E-state index is 13.8. The van der Waals surface area contributed by atoms with Gasteiger partial charge in [0.2, 0.25) is 5.91 Å². The number of ether oxygens (including phenoxy) is 2. The van der Waals surface area contributed by atoms with Gasteiger partial charge in [-0.3, -0.25) is 9.78 Å². The summed E-state index contributed by atoms with van der Waals surface area (Å²) in [5, 5.41) is 14.3. The van der Waals surface area contributed by atoms with Crippen LogP contribution in [0.5, 0.6) is 11.5 Å². The van der Waals surface area contributed by atoms with Gasteiger partial charge in [0.1, 0.15) is 11.5 Å². The Labute approximate surface area is 192 Å². The zero-order chi connectivity index (χ0) is 23.3. The number of para-hydroxylation sites is 1. The van der Waals surface area contributed by atoms with Crippen LogP contribution in [0.25, 0.3) is 10.9 Å². The number of anilines is 1. The number of fused-ring (bicyclic) bond motifs is 1. The van der Waals surface area contributed by atoms with E-state index in [4.69, 9.17) is 9.47 Å². The zero-order valence-electron chi connectivity index (χ0n) is 18.4. The molecular weight excluding hydrogens is 414 g/mol. The number of pyridine rings is 1. The van der Waals surface area contributed by atoms with Crippen LogP contribution >= 0.6 is 0 Å². The van der Waals surface area contributed by atoms with Crippen molar-refractivity contribution in [3.8, 4) is 17.6 Å². The first kappa shape index (κ1) is 21.8. The van der Waals surface area contributed by atoms with E-state index in [0.717, 1.165) is 10.9 Å². The van der Waals surface area contributed by atoms with Gasteiger partial charge in [0.15, 0.2) is 5.41 Å². The number of rotatable bonds is 7. The van der Waals surface area contributed by atoms with Gasteiger partial charge in [-0.1, -0.05) is 42.5 Å². The van der Waals surface area contributed by atoms with Crippen molar-refractivity contribution in [3.63, 3.8) is 0 Å². The molecule has 1 aromatic heterocycles. The fourth-order valence-corrected chi connectivity index (χ4v) is 3.83. The number of amides is 1. The van der Waals surface area contributed by atoms with Gasteiger partial charge in [-0.2, -0.15) is 5.26 Å². The van der Waals surface area contributed by atoms with Crippen LogP contribution in [-0.4, -0.2) is 25.1 Å². The van der Waals surface area contributed by atoms with Crippen molar-refractivity contribution < 1.29 is 14.3 Å². The zero-order valence-corrected chi connectivity index (χ0v) is 18.4. The normalized spacial score (nSPS) is 12.4. The highest BCUT2D eigenvalue weighted by atomic mass is 16.5. The second-order valence-corrected chi connectivity index (χ2v) is 7.61. The third-order valence-corrected chi connectivity index (χ3v) is 5.67. The van der Waals surface area contributed by atoms with Gasteiger partial charge in [-0.05, 0) is 47.5 Å². The smallest absolute Gasteiger partial charge is 0.249 e. The number of carbonyl (C=O) groups excluding carboxylic acids is 1. The summed E-state index contributed by atoms with van der Waals surface area (Å²) in [5.41, 5.74) is 1.16. The van der Waals surface area contributed by atoms with E-state index >= 15 is 0 Å². The lowest BCUT2D eigenvalue weighted by Gasteiger charge is -2.27. The van der Waals surface area contributed by atoms with Crippen molar-refractivity contribution in [2.75, 3.05) is 19.5 Å². The predicted octanol–water partition coefficient (Wildman–Crippen LogP) is 4.89. The van der Waals surface area contributed by atoms with Crippen LogP contribution < -0.4 is 14.8 Å². The van der Waals surface area contributed by atoms with Crippen LogP contribution in [0, 0.1) is 11.3 Å².